The Labute approximate surface area is 178 Å². The van der Waals surface area contributed by atoms with Gasteiger partial charge in [-0.1, -0.05) is 32.0 Å². The van der Waals surface area contributed by atoms with Crippen LogP contribution in [0, 0.1) is 0 Å². The summed E-state index contributed by atoms with van der Waals surface area (Å²) < 4.78 is 9.52. The molecule has 7 nitrogen and oxygen atoms in total. The quantitative estimate of drug-likeness (QED) is 0.581. The van der Waals surface area contributed by atoms with Crippen LogP contribution in [0.5, 0.6) is 0 Å². The minimum absolute atomic E-state index is 0.395. The normalized spacial score (nSPS) is 14.6. The van der Waals surface area contributed by atoms with Crippen LogP contribution in [0.4, 0.5) is 5.82 Å². The van der Waals surface area contributed by atoms with Gasteiger partial charge in [-0.2, -0.15) is 10.2 Å². The van der Waals surface area contributed by atoms with Crippen molar-refractivity contribution in [3.8, 4) is 5.69 Å². The second kappa shape index (κ2) is 9.45. The number of hydrogen-bond acceptors (Lipinski definition) is 5. The van der Waals surface area contributed by atoms with Gasteiger partial charge in [0, 0.05) is 38.4 Å². The van der Waals surface area contributed by atoms with Gasteiger partial charge in [0.2, 0.25) is 0 Å². The number of aromatic nitrogens is 4. The van der Waals surface area contributed by atoms with E-state index < -0.39 is 0 Å². The maximum atomic E-state index is 5.54. The molecule has 1 saturated heterocycles. The largest absolute Gasteiger partial charge is 0.378 e. The average molecular weight is 409 g/mol. The van der Waals surface area contributed by atoms with E-state index >= 15 is 0 Å². The lowest BCUT2D eigenvalue weighted by atomic mass is 10.0. The smallest absolute Gasteiger partial charge is 0.131 e. The predicted molar refractivity (Wildman–Crippen MR) is 119 cm³/mol. The van der Waals surface area contributed by atoms with E-state index in [0.717, 1.165) is 51.5 Å². The summed E-state index contributed by atoms with van der Waals surface area (Å²) in [5.74, 6) is 1.62. The number of aryl methyl sites for hydroxylation is 1. The first-order valence-electron chi connectivity index (χ1n) is 10.8. The molecule has 4 rings (SSSR count). The molecule has 1 aromatic carbocycles. The number of nitrogens with zero attached hydrogens (tertiary/aromatic N) is 5. The Bertz CT molecular complexity index is 940. The van der Waals surface area contributed by atoms with Gasteiger partial charge in [0.1, 0.15) is 5.82 Å². The molecule has 7 heteroatoms. The van der Waals surface area contributed by atoms with E-state index in [1.807, 2.05) is 33.8 Å². The van der Waals surface area contributed by atoms with Crippen molar-refractivity contribution in [1.29, 1.82) is 0 Å². The van der Waals surface area contributed by atoms with Gasteiger partial charge in [-0.05, 0) is 36.6 Å². The summed E-state index contributed by atoms with van der Waals surface area (Å²) in [5, 5.41) is 13.0. The maximum Gasteiger partial charge on any atom is 0.131 e. The first kappa shape index (κ1) is 20.6. The molecule has 0 spiro atoms. The third-order valence-electron chi connectivity index (χ3n) is 5.55. The molecule has 0 unspecified atom stereocenters. The van der Waals surface area contributed by atoms with Gasteiger partial charge >= 0.3 is 0 Å². The monoisotopic (exact) mass is 408 g/mol. The van der Waals surface area contributed by atoms with Gasteiger partial charge in [-0.3, -0.25) is 4.68 Å². The SMILES string of the molecule is CC(C)c1nn(C)c(N2CCOCC2)c1CNCCc1cnn(-c2ccccc2)c1. The Kier molecular flexibility index (Phi) is 6.50. The molecule has 1 fully saturated rings. The van der Waals surface area contributed by atoms with E-state index in [1.54, 1.807) is 0 Å². The third-order valence-corrected chi connectivity index (χ3v) is 5.55. The Morgan fingerprint density at radius 1 is 1.13 bits per heavy atom. The van der Waals surface area contributed by atoms with E-state index in [0.29, 0.717) is 5.92 Å². The van der Waals surface area contributed by atoms with Crippen molar-refractivity contribution in [1.82, 2.24) is 24.9 Å². The highest BCUT2D eigenvalue weighted by molar-refractivity contribution is 5.51. The molecule has 0 bridgehead atoms. The molecule has 30 heavy (non-hydrogen) atoms. The summed E-state index contributed by atoms with van der Waals surface area (Å²) in [6, 6.07) is 10.2. The van der Waals surface area contributed by atoms with Gasteiger partial charge in [0.15, 0.2) is 0 Å². The fourth-order valence-corrected chi connectivity index (χ4v) is 4.04. The number of rotatable bonds is 8. The highest BCUT2D eigenvalue weighted by Crippen LogP contribution is 2.28. The van der Waals surface area contributed by atoms with Gasteiger partial charge in [0.25, 0.3) is 0 Å². The lowest BCUT2D eigenvalue weighted by molar-refractivity contribution is 0.122. The molecular formula is C23H32N6O. The van der Waals surface area contributed by atoms with Gasteiger partial charge in [-0.15, -0.1) is 0 Å². The molecule has 3 aromatic rings. The van der Waals surface area contributed by atoms with Crippen LogP contribution >= 0.6 is 0 Å². The van der Waals surface area contributed by atoms with Crippen molar-refractivity contribution in [2.45, 2.75) is 32.7 Å². The van der Waals surface area contributed by atoms with Crippen molar-refractivity contribution in [2.75, 3.05) is 37.7 Å². The van der Waals surface area contributed by atoms with Crippen molar-refractivity contribution in [3.63, 3.8) is 0 Å². The van der Waals surface area contributed by atoms with Crippen LogP contribution in [-0.2, 0) is 24.8 Å². The Balaban J connectivity index is 1.39. The van der Waals surface area contributed by atoms with Gasteiger partial charge in [-0.25, -0.2) is 4.68 Å². The zero-order valence-electron chi connectivity index (χ0n) is 18.2. The van der Waals surface area contributed by atoms with Crippen molar-refractivity contribution in [2.24, 2.45) is 7.05 Å². The summed E-state index contributed by atoms with van der Waals surface area (Å²) in [6.07, 6.45) is 5.01. The first-order chi connectivity index (χ1) is 14.6. The van der Waals surface area contributed by atoms with Crippen LogP contribution in [0.1, 0.15) is 36.6 Å². The summed E-state index contributed by atoms with van der Waals surface area (Å²) in [6.45, 7) is 9.54. The second-order valence-corrected chi connectivity index (χ2v) is 8.12. The molecule has 0 saturated carbocycles. The van der Waals surface area contributed by atoms with Crippen molar-refractivity contribution in [3.05, 3.63) is 59.5 Å². The summed E-state index contributed by atoms with van der Waals surface area (Å²) >= 11 is 0. The molecule has 0 aliphatic carbocycles. The number of para-hydroxylation sites is 1. The number of ether oxygens (including phenoxy) is 1. The number of hydrogen-bond donors (Lipinski definition) is 1. The van der Waals surface area contributed by atoms with Crippen LogP contribution in [0.3, 0.4) is 0 Å². The number of morpholine rings is 1. The van der Waals surface area contributed by atoms with E-state index in [2.05, 4.69) is 54.5 Å². The highest BCUT2D eigenvalue weighted by atomic mass is 16.5. The molecule has 0 radical (unpaired) electrons. The molecule has 1 aliphatic rings. The van der Waals surface area contributed by atoms with Crippen LogP contribution < -0.4 is 10.2 Å². The second-order valence-electron chi connectivity index (χ2n) is 8.12. The molecule has 0 atom stereocenters. The summed E-state index contributed by atoms with van der Waals surface area (Å²) in [4.78, 5) is 2.41. The molecule has 160 valence electrons. The lowest BCUT2D eigenvalue weighted by Crippen LogP contribution is -2.38. The van der Waals surface area contributed by atoms with E-state index in [9.17, 15) is 0 Å². The molecule has 1 N–H and O–H groups in total. The lowest BCUT2D eigenvalue weighted by Gasteiger charge is -2.29. The molecule has 2 aromatic heterocycles. The fourth-order valence-electron chi connectivity index (χ4n) is 4.04. The van der Waals surface area contributed by atoms with E-state index in [1.165, 1.54) is 22.6 Å². The zero-order valence-corrected chi connectivity index (χ0v) is 18.2. The van der Waals surface area contributed by atoms with Crippen LogP contribution in [-0.4, -0.2) is 52.4 Å². The van der Waals surface area contributed by atoms with Crippen LogP contribution in [0.2, 0.25) is 0 Å². The van der Waals surface area contributed by atoms with E-state index in [-0.39, 0.29) is 0 Å². The number of anilines is 1. The Morgan fingerprint density at radius 3 is 2.63 bits per heavy atom. The standard InChI is InChI=1S/C23H32N6O/c1-18(2)22-21(23(27(3)26-22)28-11-13-30-14-12-28)16-24-10-9-19-15-25-29(17-19)20-7-5-4-6-8-20/h4-8,15,17-18,24H,9-14,16H2,1-3H3. The molecule has 3 heterocycles. The highest BCUT2D eigenvalue weighted by Gasteiger charge is 2.23. The predicted octanol–water partition coefficient (Wildman–Crippen LogP) is 2.90. The minimum Gasteiger partial charge on any atom is -0.378 e. The maximum absolute atomic E-state index is 5.54. The zero-order chi connectivity index (χ0) is 20.9. The molecule has 1 aliphatic heterocycles. The summed E-state index contributed by atoms with van der Waals surface area (Å²) in [5.41, 5.74) is 4.82. The third kappa shape index (κ3) is 4.57. The number of nitrogens with one attached hydrogen (secondary N) is 1. The Morgan fingerprint density at radius 2 is 1.90 bits per heavy atom. The fraction of sp³-hybridized carbons (Fsp3) is 0.478. The topological polar surface area (TPSA) is 60.1 Å². The van der Waals surface area contributed by atoms with Gasteiger partial charge in [0.05, 0.1) is 30.8 Å². The van der Waals surface area contributed by atoms with Crippen LogP contribution in [0.15, 0.2) is 42.7 Å². The minimum atomic E-state index is 0.395. The van der Waals surface area contributed by atoms with Crippen molar-refractivity contribution < 1.29 is 4.74 Å². The van der Waals surface area contributed by atoms with Gasteiger partial charge < -0.3 is 15.0 Å². The average Bonchev–Trinajstić information content (AvgIpc) is 3.37. The number of benzene rings is 1. The van der Waals surface area contributed by atoms with E-state index in [4.69, 9.17) is 9.84 Å². The molecular weight excluding hydrogens is 376 g/mol. The molecule has 0 amide bonds. The Hall–Kier alpha value is -2.64. The van der Waals surface area contributed by atoms with Crippen molar-refractivity contribution >= 4 is 5.82 Å². The van der Waals surface area contributed by atoms with Crippen LogP contribution in [0.25, 0.3) is 5.69 Å². The first-order valence-corrected chi connectivity index (χ1v) is 10.8. The summed E-state index contributed by atoms with van der Waals surface area (Å²) in [7, 11) is 2.05.